The number of aromatic nitrogens is 3. The number of nitrogens with two attached hydrogens (primary N) is 1. The summed E-state index contributed by atoms with van der Waals surface area (Å²) in [6, 6.07) is 4.40. The van der Waals surface area contributed by atoms with E-state index in [1.807, 2.05) is 12.1 Å². The molecule has 2 aromatic rings. The van der Waals surface area contributed by atoms with Gasteiger partial charge < -0.3 is 11.1 Å². The van der Waals surface area contributed by atoms with Crippen molar-refractivity contribution in [2.75, 3.05) is 12.3 Å². The van der Waals surface area contributed by atoms with Gasteiger partial charge in [0.25, 0.3) is 0 Å². The molecule has 2 aromatic heterocycles. The van der Waals surface area contributed by atoms with E-state index in [0.717, 1.165) is 24.0 Å². The van der Waals surface area contributed by atoms with Crippen LogP contribution in [0.1, 0.15) is 31.0 Å². The molecule has 3 heterocycles. The Hall–Kier alpha value is -1.62. The van der Waals surface area contributed by atoms with Gasteiger partial charge in [-0.2, -0.15) is 5.10 Å². The lowest BCUT2D eigenvalue weighted by Gasteiger charge is -2.22. The monoisotopic (exact) mass is 217 g/mol. The highest BCUT2D eigenvalue weighted by molar-refractivity contribution is 5.85. The van der Waals surface area contributed by atoms with E-state index in [4.69, 9.17) is 5.73 Å². The maximum atomic E-state index is 5.73. The van der Waals surface area contributed by atoms with E-state index in [-0.39, 0.29) is 0 Å². The first-order valence-corrected chi connectivity index (χ1v) is 5.68. The molecule has 0 bridgehead atoms. The fourth-order valence-electron chi connectivity index (χ4n) is 2.23. The molecule has 0 radical (unpaired) electrons. The summed E-state index contributed by atoms with van der Waals surface area (Å²) in [4.78, 5) is 4.53. The van der Waals surface area contributed by atoms with Crippen LogP contribution < -0.4 is 11.1 Å². The fourth-order valence-corrected chi connectivity index (χ4v) is 2.23. The first-order valence-electron chi connectivity index (χ1n) is 5.68. The predicted octanol–water partition coefficient (Wildman–Crippen LogP) is 1.35. The number of hydrogen-bond acceptors (Lipinski definition) is 4. The Bertz CT molecular complexity index is 498. The van der Waals surface area contributed by atoms with E-state index in [0.29, 0.717) is 17.5 Å². The van der Waals surface area contributed by atoms with Gasteiger partial charge in [-0.05, 0) is 31.5 Å². The van der Waals surface area contributed by atoms with E-state index in [1.54, 1.807) is 0 Å². The number of nitrogen functional groups attached to an aromatic ring is 1. The number of aromatic amines is 1. The van der Waals surface area contributed by atoms with Crippen LogP contribution in [0, 0.1) is 0 Å². The molecule has 1 fully saturated rings. The summed E-state index contributed by atoms with van der Waals surface area (Å²) in [6.45, 7) is 1.08. The zero-order valence-electron chi connectivity index (χ0n) is 9.03. The summed E-state index contributed by atoms with van der Waals surface area (Å²) in [6.07, 6.45) is 3.67. The Morgan fingerprint density at radius 3 is 3.06 bits per heavy atom. The van der Waals surface area contributed by atoms with Crippen molar-refractivity contribution in [1.29, 1.82) is 0 Å². The van der Waals surface area contributed by atoms with Crippen LogP contribution in [-0.2, 0) is 0 Å². The first-order chi connectivity index (χ1) is 7.84. The molecular weight excluding hydrogens is 202 g/mol. The minimum Gasteiger partial charge on any atom is -0.384 e. The highest BCUT2D eigenvalue weighted by Gasteiger charge is 2.16. The summed E-state index contributed by atoms with van der Waals surface area (Å²) in [5, 5.41) is 11.2. The van der Waals surface area contributed by atoms with Crippen LogP contribution in [0.5, 0.6) is 0 Å². The number of piperidine rings is 1. The molecule has 0 aliphatic carbocycles. The van der Waals surface area contributed by atoms with E-state index in [1.165, 1.54) is 12.8 Å². The SMILES string of the molecule is Nc1[nH]nc2nc(C3CCCCN3)ccc12. The summed E-state index contributed by atoms with van der Waals surface area (Å²) >= 11 is 0. The Morgan fingerprint density at radius 2 is 2.25 bits per heavy atom. The number of nitrogens with zero attached hydrogens (tertiary/aromatic N) is 2. The van der Waals surface area contributed by atoms with Gasteiger partial charge in [0.2, 0.25) is 0 Å². The summed E-state index contributed by atoms with van der Waals surface area (Å²) < 4.78 is 0. The third-order valence-electron chi connectivity index (χ3n) is 3.14. The van der Waals surface area contributed by atoms with Gasteiger partial charge in [0.1, 0.15) is 5.82 Å². The molecule has 0 saturated carbocycles. The average molecular weight is 217 g/mol. The van der Waals surface area contributed by atoms with Crippen molar-refractivity contribution < 1.29 is 0 Å². The normalized spacial score (nSPS) is 21.4. The van der Waals surface area contributed by atoms with E-state index in [9.17, 15) is 0 Å². The molecule has 84 valence electrons. The number of nitrogens with one attached hydrogen (secondary N) is 2. The molecule has 1 unspecified atom stereocenters. The zero-order chi connectivity index (χ0) is 11.0. The van der Waals surface area contributed by atoms with Gasteiger partial charge in [-0.3, -0.25) is 5.10 Å². The highest BCUT2D eigenvalue weighted by Crippen LogP contribution is 2.24. The minimum absolute atomic E-state index is 0.371. The van der Waals surface area contributed by atoms with Crippen LogP contribution in [0.4, 0.5) is 5.82 Å². The molecule has 1 saturated heterocycles. The van der Waals surface area contributed by atoms with Crippen molar-refractivity contribution in [3.63, 3.8) is 0 Å². The van der Waals surface area contributed by atoms with Crippen molar-refractivity contribution in [3.8, 4) is 0 Å². The molecule has 1 aliphatic rings. The summed E-state index contributed by atoms with van der Waals surface area (Å²) in [5.74, 6) is 0.589. The quantitative estimate of drug-likeness (QED) is 0.673. The van der Waals surface area contributed by atoms with Crippen LogP contribution in [0.25, 0.3) is 11.0 Å². The Kier molecular flexibility index (Phi) is 2.25. The van der Waals surface area contributed by atoms with E-state index in [2.05, 4.69) is 20.5 Å². The van der Waals surface area contributed by atoms with Gasteiger partial charge in [-0.15, -0.1) is 0 Å². The largest absolute Gasteiger partial charge is 0.384 e. The second kappa shape index (κ2) is 3.75. The molecule has 5 nitrogen and oxygen atoms in total. The van der Waals surface area contributed by atoms with Crippen LogP contribution in [0.2, 0.25) is 0 Å². The molecule has 3 rings (SSSR count). The maximum absolute atomic E-state index is 5.73. The second-order valence-corrected chi connectivity index (χ2v) is 4.25. The molecule has 0 amide bonds. The topological polar surface area (TPSA) is 79.6 Å². The molecule has 1 aliphatic heterocycles. The van der Waals surface area contributed by atoms with Crippen molar-refractivity contribution >= 4 is 16.9 Å². The maximum Gasteiger partial charge on any atom is 0.183 e. The third-order valence-corrected chi connectivity index (χ3v) is 3.14. The standard InChI is InChI=1S/C11H15N5/c12-10-7-4-5-9(14-11(7)16-15-10)8-3-1-2-6-13-8/h4-5,8,13H,1-3,6H2,(H3,12,14,15,16). The zero-order valence-corrected chi connectivity index (χ0v) is 9.03. The lowest BCUT2D eigenvalue weighted by molar-refractivity contribution is 0.406. The summed E-state index contributed by atoms with van der Waals surface area (Å²) in [7, 11) is 0. The summed E-state index contributed by atoms with van der Waals surface area (Å²) in [5.41, 5.74) is 7.51. The van der Waals surface area contributed by atoms with Crippen molar-refractivity contribution in [3.05, 3.63) is 17.8 Å². The van der Waals surface area contributed by atoms with Gasteiger partial charge >= 0.3 is 0 Å². The minimum atomic E-state index is 0.371. The smallest absolute Gasteiger partial charge is 0.183 e. The Labute approximate surface area is 93.4 Å². The highest BCUT2D eigenvalue weighted by atomic mass is 15.2. The number of anilines is 1. The lowest BCUT2D eigenvalue weighted by Crippen LogP contribution is -2.27. The fraction of sp³-hybridized carbons (Fsp3) is 0.455. The van der Waals surface area contributed by atoms with Crippen molar-refractivity contribution in [1.82, 2.24) is 20.5 Å². The predicted molar refractivity (Wildman–Crippen MR) is 62.9 cm³/mol. The molecule has 16 heavy (non-hydrogen) atoms. The van der Waals surface area contributed by atoms with Crippen LogP contribution in [-0.4, -0.2) is 21.7 Å². The van der Waals surface area contributed by atoms with E-state index < -0.39 is 0 Å². The Morgan fingerprint density at radius 1 is 1.31 bits per heavy atom. The van der Waals surface area contributed by atoms with Gasteiger partial charge in [0.15, 0.2) is 5.65 Å². The average Bonchev–Trinajstić information content (AvgIpc) is 2.72. The molecule has 0 aromatic carbocycles. The lowest BCUT2D eigenvalue weighted by atomic mass is 10.0. The number of rotatable bonds is 1. The van der Waals surface area contributed by atoms with Gasteiger partial charge in [0.05, 0.1) is 11.1 Å². The second-order valence-electron chi connectivity index (χ2n) is 4.25. The number of pyridine rings is 1. The van der Waals surface area contributed by atoms with Gasteiger partial charge in [0, 0.05) is 6.04 Å². The van der Waals surface area contributed by atoms with Crippen molar-refractivity contribution in [2.24, 2.45) is 0 Å². The molecular formula is C11H15N5. The first kappa shape index (κ1) is 9.59. The number of fused-ring (bicyclic) bond motifs is 1. The van der Waals surface area contributed by atoms with Crippen molar-refractivity contribution in [2.45, 2.75) is 25.3 Å². The third kappa shape index (κ3) is 1.53. The number of hydrogen-bond donors (Lipinski definition) is 3. The van der Waals surface area contributed by atoms with E-state index >= 15 is 0 Å². The number of H-pyrrole nitrogens is 1. The van der Waals surface area contributed by atoms with Crippen LogP contribution in [0.3, 0.4) is 0 Å². The van der Waals surface area contributed by atoms with Gasteiger partial charge in [-0.25, -0.2) is 4.98 Å². The molecule has 5 heteroatoms. The van der Waals surface area contributed by atoms with Crippen LogP contribution >= 0.6 is 0 Å². The molecule has 1 atom stereocenters. The molecule has 4 N–H and O–H groups in total. The Balaban J connectivity index is 1.97. The van der Waals surface area contributed by atoms with Gasteiger partial charge in [-0.1, -0.05) is 6.42 Å². The van der Waals surface area contributed by atoms with Crippen LogP contribution in [0.15, 0.2) is 12.1 Å². The molecule has 0 spiro atoms.